The van der Waals surface area contributed by atoms with Gasteiger partial charge in [0, 0.05) is 18.5 Å². The normalized spacial score (nSPS) is 17.4. The quantitative estimate of drug-likeness (QED) is 0.889. The molecule has 0 aromatic carbocycles. The van der Waals surface area contributed by atoms with E-state index in [1.807, 2.05) is 13.8 Å². The Balaban J connectivity index is 1.62. The Hall–Kier alpha value is -1.17. The van der Waals surface area contributed by atoms with E-state index in [1.54, 1.807) is 11.3 Å². The summed E-state index contributed by atoms with van der Waals surface area (Å²) in [5.41, 5.74) is 1.13. The van der Waals surface area contributed by atoms with Crippen LogP contribution in [0.3, 0.4) is 0 Å². The third-order valence-corrected chi connectivity index (χ3v) is 4.80. The van der Waals surface area contributed by atoms with Crippen LogP contribution in [0.2, 0.25) is 0 Å². The second-order valence-electron chi connectivity index (χ2n) is 5.70. The molecule has 5 heteroatoms. The summed E-state index contributed by atoms with van der Waals surface area (Å²) >= 11 is 1.71. The molecule has 2 aromatic rings. The highest BCUT2D eigenvalue weighted by atomic mass is 32.1. The highest BCUT2D eigenvalue weighted by molar-refractivity contribution is 7.09. The Morgan fingerprint density at radius 2 is 2.14 bits per heavy atom. The van der Waals surface area contributed by atoms with Gasteiger partial charge in [-0.15, -0.1) is 11.3 Å². The minimum Gasteiger partial charge on any atom is -0.465 e. The average Bonchev–Trinajstić information content (AvgIpc) is 3.17. The van der Waals surface area contributed by atoms with E-state index in [0.29, 0.717) is 6.04 Å². The second-order valence-corrected chi connectivity index (χ2v) is 6.76. The summed E-state index contributed by atoms with van der Waals surface area (Å²) in [6.07, 6.45) is 2.59. The Morgan fingerprint density at radius 3 is 2.76 bits per heavy atom. The molecular weight excluding hydrogens is 282 g/mol. The first-order valence-electron chi connectivity index (χ1n) is 7.64. The maximum Gasteiger partial charge on any atom is 0.122 e. The maximum atomic E-state index is 5.87. The predicted molar refractivity (Wildman–Crippen MR) is 85.6 cm³/mol. The SMILES string of the molecule is Cc1ccc(C(CNCc2csc(C)n2)N2CCCC2)o1. The Morgan fingerprint density at radius 1 is 1.33 bits per heavy atom. The minimum atomic E-state index is 0.334. The number of hydrogen-bond acceptors (Lipinski definition) is 5. The van der Waals surface area contributed by atoms with E-state index in [9.17, 15) is 0 Å². The highest BCUT2D eigenvalue weighted by Gasteiger charge is 2.25. The maximum absolute atomic E-state index is 5.87. The number of likely N-dealkylation sites (tertiary alicyclic amines) is 1. The lowest BCUT2D eigenvalue weighted by atomic mass is 10.2. The van der Waals surface area contributed by atoms with E-state index in [-0.39, 0.29) is 0 Å². The van der Waals surface area contributed by atoms with Crippen LogP contribution < -0.4 is 5.32 Å². The summed E-state index contributed by atoms with van der Waals surface area (Å²) in [4.78, 5) is 7.03. The molecule has 1 unspecified atom stereocenters. The van der Waals surface area contributed by atoms with Crippen molar-refractivity contribution in [2.45, 2.75) is 39.3 Å². The molecule has 0 saturated carbocycles. The molecule has 1 saturated heterocycles. The van der Waals surface area contributed by atoms with Crippen LogP contribution in [-0.2, 0) is 6.54 Å². The van der Waals surface area contributed by atoms with Gasteiger partial charge in [-0.25, -0.2) is 4.98 Å². The molecule has 0 amide bonds. The molecule has 4 nitrogen and oxygen atoms in total. The van der Waals surface area contributed by atoms with E-state index >= 15 is 0 Å². The van der Waals surface area contributed by atoms with Gasteiger partial charge in [0.2, 0.25) is 0 Å². The van der Waals surface area contributed by atoms with Crippen molar-refractivity contribution in [2.75, 3.05) is 19.6 Å². The Bertz CT molecular complexity index is 572. The van der Waals surface area contributed by atoms with Gasteiger partial charge in [0.15, 0.2) is 0 Å². The number of thiazole rings is 1. The Kier molecular flexibility index (Phi) is 4.73. The zero-order valence-corrected chi connectivity index (χ0v) is 13.6. The summed E-state index contributed by atoms with van der Waals surface area (Å²) in [7, 11) is 0. The molecule has 1 N–H and O–H groups in total. The molecule has 114 valence electrons. The van der Waals surface area contributed by atoms with Crippen LogP contribution in [0.1, 0.15) is 41.1 Å². The van der Waals surface area contributed by atoms with E-state index < -0.39 is 0 Å². The Labute approximate surface area is 130 Å². The first-order chi connectivity index (χ1) is 10.2. The van der Waals surface area contributed by atoms with Gasteiger partial charge >= 0.3 is 0 Å². The van der Waals surface area contributed by atoms with Crippen LogP contribution in [0, 0.1) is 13.8 Å². The van der Waals surface area contributed by atoms with Crippen molar-refractivity contribution in [1.82, 2.24) is 15.2 Å². The number of nitrogens with zero attached hydrogens (tertiary/aromatic N) is 2. The van der Waals surface area contributed by atoms with Gasteiger partial charge in [-0.05, 0) is 51.9 Å². The van der Waals surface area contributed by atoms with Crippen LogP contribution in [-0.4, -0.2) is 29.5 Å². The van der Waals surface area contributed by atoms with Gasteiger partial charge in [0.05, 0.1) is 16.7 Å². The van der Waals surface area contributed by atoms with Crippen LogP contribution in [0.25, 0.3) is 0 Å². The van der Waals surface area contributed by atoms with Gasteiger partial charge in [-0.3, -0.25) is 4.90 Å². The van der Waals surface area contributed by atoms with Crippen molar-refractivity contribution < 1.29 is 4.42 Å². The topological polar surface area (TPSA) is 41.3 Å². The van der Waals surface area contributed by atoms with Gasteiger partial charge in [-0.2, -0.15) is 0 Å². The van der Waals surface area contributed by atoms with Gasteiger partial charge in [0.1, 0.15) is 11.5 Å². The molecule has 1 atom stereocenters. The number of furan rings is 1. The van der Waals surface area contributed by atoms with Crippen molar-refractivity contribution in [2.24, 2.45) is 0 Å². The molecule has 0 radical (unpaired) electrons. The number of hydrogen-bond donors (Lipinski definition) is 1. The summed E-state index contributed by atoms with van der Waals surface area (Å²) in [5.74, 6) is 2.07. The third kappa shape index (κ3) is 3.73. The molecule has 1 fully saturated rings. The predicted octanol–water partition coefficient (Wildman–Crippen LogP) is 3.28. The largest absolute Gasteiger partial charge is 0.465 e. The van der Waals surface area contributed by atoms with Crippen molar-refractivity contribution in [1.29, 1.82) is 0 Å². The van der Waals surface area contributed by atoms with Gasteiger partial charge in [0.25, 0.3) is 0 Å². The number of rotatable bonds is 6. The van der Waals surface area contributed by atoms with E-state index in [0.717, 1.165) is 35.3 Å². The lowest BCUT2D eigenvalue weighted by Gasteiger charge is -2.26. The summed E-state index contributed by atoms with van der Waals surface area (Å²) in [5, 5.41) is 6.80. The number of aromatic nitrogens is 1. The van der Waals surface area contributed by atoms with Gasteiger partial charge in [-0.1, -0.05) is 0 Å². The fourth-order valence-corrected chi connectivity index (χ4v) is 3.53. The van der Waals surface area contributed by atoms with E-state index in [4.69, 9.17) is 4.42 Å². The first-order valence-corrected chi connectivity index (χ1v) is 8.52. The molecule has 1 aliphatic rings. The van der Waals surface area contributed by atoms with Crippen molar-refractivity contribution >= 4 is 11.3 Å². The van der Waals surface area contributed by atoms with Crippen LogP contribution in [0.5, 0.6) is 0 Å². The number of aryl methyl sites for hydroxylation is 2. The molecular formula is C16H23N3OS. The molecule has 0 bridgehead atoms. The summed E-state index contributed by atoms with van der Waals surface area (Å²) in [6.45, 7) is 8.13. The summed E-state index contributed by atoms with van der Waals surface area (Å²) < 4.78 is 5.87. The molecule has 0 spiro atoms. The molecule has 21 heavy (non-hydrogen) atoms. The second kappa shape index (κ2) is 6.73. The van der Waals surface area contributed by atoms with Crippen LogP contribution >= 0.6 is 11.3 Å². The van der Waals surface area contributed by atoms with Crippen molar-refractivity contribution in [3.63, 3.8) is 0 Å². The van der Waals surface area contributed by atoms with Gasteiger partial charge < -0.3 is 9.73 Å². The molecule has 3 rings (SSSR count). The number of nitrogens with one attached hydrogen (secondary N) is 1. The lowest BCUT2D eigenvalue weighted by Crippen LogP contribution is -2.33. The molecule has 3 heterocycles. The average molecular weight is 305 g/mol. The molecule has 0 aliphatic carbocycles. The minimum absolute atomic E-state index is 0.334. The smallest absolute Gasteiger partial charge is 0.122 e. The zero-order chi connectivity index (χ0) is 14.7. The summed E-state index contributed by atoms with van der Waals surface area (Å²) in [6, 6.07) is 4.51. The van der Waals surface area contributed by atoms with E-state index in [2.05, 4.69) is 32.7 Å². The van der Waals surface area contributed by atoms with Crippen molar-refractivity contribution in [3.05, 3.63) is 39.7 Å². The molecule has 2 aromatic heterocycles. The standard InChI is InChI=1S/C16H23N3OS/c1-12-5-6-16(20-12)15(19-7-3-4-8-19)10-17-9-14-11-21-13(2)18-14/h5-6,11,15,17H,3-4,7-10H2,1-2H3. The lowest BCUT2D eigenvalue weighted by molar-refractivity contribution is 0.207. The fraction of sp³-hybridized carbons (Fsp3) is 0.562. The highest BCUT2D eigenvalue weighted by Crippen LogP contribution is 2.26. The molecule has 1 aliphatic heterocycles. The first kappa shape index (κ1) is 14.8. The monoisotopic (exact) mass is 305 g/mol. The zero-order valence-electron chi connectivity index (χ0n) is 12.8. The van der Waals surface area contributed by atoms with Crippen LogP contribution in [0.15, 0.2) is 21.9 Å². The third-order valence-electron chi connectivity index (χ3n) is 3.98. The van der Waals surface area contributed by atoms with Crippen molar-refractivity contribution in [3.8, 4) is 0 Å². The fourth-order valence-electron chi connectivity index (χ4n) is 2.92. The van der Waals surface area contributed by atoms with Crippen LogP contribution in [0.4, 0.5) is 0 Å². The van der Waals surface area contributed by atoms with E-state index in [1.165, 1.54) is 25.9 Å².